The summed E-state index contributed by atoms with van der Waals surface area (Å²) < 4.78 is 0. The van der Waals surface area contributed by atoms with Gasteiger partial charge < -0.3 is 15.3 Å². The molecule has 0 saturated carbocycles. The highest BCUT2D eigenvalue weighted by molar-refractivity contribution is 5.80. The van der Waals surface area contributed by atoms with Crippen LogP contribution in [-0.4, -0.2) is 42.2 Å². The lowest BCUT2D eigenvalue weighted by atomic mass is 10.3. The van der Waals surface area contributed by atoms with Gasteiger partial charge in [-0.05, 0) is 19.1 Å². The van der Waals surface area contributed by atoms with E-state index in [9.17, 15) is 4.79 Å². The summed E-state index contributed by atoms with van der Waals surface area (Å²) >= 11 is 0. The van der Waals surface area contributed by atoms with Crippen LogP contribution in [-0.2, 0) is 4.79 Å². The first-order valence-electron chi connectivity index (χ1n) is 5.30. The molecule has 1 amide bonds. The van der Waals surface area contributed by atoms with Crippen molar-refractivity contribution in [2.75, 3.05) is 25.5 Å². The number of anilines is 1. The maximum atomic E-state index is 11.6. The van der Waals surface area contributed by atoms with Crippen molar-refractivity contribution in [3.05, 3.63) is 30.3 Å². The molecule has 88 valence electrons. The molecule has 1 aromatic rings. The second-order valence-electron chi connectivity index (χ2n) is 3.84. The molecule has 0 aliphatic heterocycles. The zero-order chi connectivity index (χ0) is 12.0. The van der Waals surface area contributed by atoms with Crippen LogP contribution >= 0.6 is 0 Å². The van der Waals surface area contributed by atoms with Crippen LogP contribution in [0.25, 0.3) is 0 Å². The summed E-state index contributed by atoms with van der Waals surface area (Å²) in [6.45, 7) is 2.26. The Balaban J connectivity index is 2.35. The molecular formula is C12H18N2O2. The van der Waals surface area contributed by atoms with Crippen LogP contribution in [0.5, 0.6) is 0 Å². The van der Waals surface area contributed by atoms with Crippen molar-refractivity contribution in [3.8, 4) is 0 Å². The number of carbonyl (C=O) groups excluding carboxylic acids is 1. The number of carbonyl (C=O) groups is 1. The van der Waals surface area contributed by atoms with Crippen molar-refractivity contribution in [2.45, 2.75) is 13.0 Å². The Labute approximate surface area is 95.9 Å². The fourth-order valence-electron chi connectivity index (χ4n) is 1.37. The molecular weight excluding hydrogens is 204 g/mol. The first-order chi connectivity index (χ1) is 7.59. The largest absolute Gasteiger partial charge is 0.392 e. The number of hydrogen-bond donors (Lipinski definition) is 2. The summed E-state index contributed by atoms with van der Waals surface area (Å²) in [5, 5.41) is 12.2. The lowest BCUT2D eigenvalue weighted by Crippen LogP contribution is -2.36. The molecule has 1 rings (SSSR count). The number of rotatable bonds is 5. The van der Waals surface area contributed by atoms with E-state index in [0.29, 0.717) is 6.54 Å². The number of benzene rings is 1. The summed E-state index contributed by atoms with van der Waals surface area (Å²) in [6.07, 6.45) is -0.495. The van der Waals surface area contributed by atoms with Gasteiger partial charge in [-0.25, -0.2) is 0 Å². The van der Waals surface area contributed by atoms with E-state index in [1.165, 1.54) is 4.90 Å². The number of para-hydroxylation sites is 1. The van der Waals surface area contributed by atoms with E-state index in [-0.39, 0.29) is 12.5 Å². The van der Waals surface area contributed by atoms with Crippen LogP contribution in [0, 0.1) is 0 Å². The summed E-state index contributed by atoms with van der Waals surface area (Å²) in [6, 6.07) is 9.55. The Morgan fingerprint density at radius 1 is 1.44 bits per heavy atom. The zero-order valence-electron chi connectivity index (χ0n) is 9.68. The van der Waals surface area contributed by atoms with E-state index >= 15 is 0 Å². The van der Waals surface area contributed by atoms with E-state index in [2.05, 4.69) is 5.32 Å². The smallest absolute Gasteiger partial charge is 0.241 e. The van der Waals surface area contributed by atoms with Crippen molar-refractivity contribution < 1.29 is 9.90 Å². The number of aliphatic hydroxyl groups is 1. The first-order valence-corrected chi connectivity index (χ1v) is 5.30. The van der Waals surface area contributed by atoms with Crippen molar-refractivity contribution in [1.82, 2.24) is 4.90 Å². The maximum absolute atomic E-state index is 11.6. The van der Waals surface area contributed by atoms with E-state index in [1.807, 2.05) is 30.3 Å². The van der Waals surface area contributed by atoms with Crippen LogP contribution in [0.4, 0.5) is 5.69 Å². The highest BCUT2D eigenvalue weighted by Crippen LogP contribution is 2.04. The maximum Gasteiger partial charge on any atom is 0.241 e. The van der Waals surface area contributed by atoms with Crippen LogP contribution < -0.4 is 5.32 Å². The number of nitrogens with one attached hydrogen (secondary N) is 1. The normalized spacial score (nSPS) is 11.9. The Hall–Kier alpha value is -1.55. The van der Waals surface area contributed by atoms with Gasteiger partial charge in [0.2, 0.25) is 5.91 Å². The molecule has 0 aliphatic carbocycles. The Morgan fingerprint density at radius 3 is 2.62 bits per heavy atom. The monoisotopic (exact) mass is 222 g/mol. The second kappa shape index (κ2) is 6.12. The Bertz CT molecular complexity index is 325. The van der Waals surface area contributed by atoms with Crippen LogP contribution in [0.3, 0.4) is 0 Å². The molecule has 0 spiro atoms. The van der Waals surface area contributed by atoms with E-state index in [4.69, 9.17) is 5.11 Å². The molecule has 1 unspecified atom stereocenters. The lowest BCUT2D eigenvalue weighted by molar-refractivity contribution is -0.129. The van der Waals surface area contributed by atoms with Crippen molar-refractivity contribution in [3.63, 3.8) is 0 Å². The van der Waals surface area contributed by atoms with Gasteiger partial charge in [0, 0.05) is 19.3 Å². The van der Waals surface area contributed by atoms with Crippen molar-refractivity contribution in [2.24, 2.45) is 0 Å². The summed E-state index contributed by atoms with van der Waals surface area (Å²) in [5.74, 6) is -0.0373. The highest BCUT2D eigenvalue weighted by Gasteiger charge is 2.09. The van der Waals surface area contributed by atoms with Gasteiger partial charge in [0.05, 0.1) is 12.6 Å². The number of hydrogen-bond acceptors (Lipinski definition) is 3. The number of amides is 1. The van der Waals surface area contributed by atoms with Crippen molar-refractivity contribution >= 4 is 11.6 Å². The third kappa shape index (κ3) is 4.31. The standard InChI is InChI=1S/C12H18N2O2/c1-10(15)9-14(2)12(16)8-13-11-6-4-3-5-7-11/h3-7,10,13,15H,8-9H2,1-2H3. The molecule has 0 bridgehead atoms. The molecule has 0 saturated heterocycles. The van der Waals surface area contributed by atoms with Gasteiger partial charge in [-0.2, -0.15) is 0 Å². The van der Waals surface area contributed by atoms with Gasteiger partial charge in [-0.15, -0.1) is 0 Å². The third-order valence-corrected chi connectivity index (χ3v) is 2.18. The molecule has 0 heterocycles. The van der Waals surface area contributed by atoms with Crippen LogP contribution in [0.2, 0.25) is 0 Å². The minimum atomic E-state index is -0.495. The number of aliphatic hydroxyl groups excluding tert-OH is 1. The van der Waals surface area contributed by atoms with Gasteiger partial charge in [-0.1, -0.05) is 18.2 Å². The van der Waals surface area contributed by atoms with Crippen LogP contribution in [0.1, 0.15) is 6.92 Å². The molecule has 4 nitrogen and oxygen atoms in total. The quantitative estimate of drug-likeness (QED) is 0.779. The van der Waals surface area contributed by atoms with Crippen LogP contribution in [0.15, 0.2) is 30.3 Å². The average Bonchev–Trinajstić information content (AvgIpc) is 2.26. The molecule has 16 heavy (non-hydrogen) atoms. The predicted molar refractivity (Wildman–Crippen MR) is 64.2 cm³/mol. The minimum Gasteiger partial charge on any atom is -0.392 e. The van der Waals surface area contributed by atoms with Gasteiger partial charge in [-0.3, -0.25) is 4.79 Å². The number of likely N-dealkylation sites (N-methyl/N-ethyl adjacent to an activating group) is 1. The molecule has 4 heteroatoms. The lowest BCUT2D eigenvalue weighted by Gasteiger charge is -2.19. The molecule has 0 radical (unpaired) electrons. The molecule has 0 aromatic heterocycles. The van der Waals surface area contributed by atoms with E-state index < -0.39 is 6.10 Å². The van der Waals surface area contributed by atoms with Gasteiger partial charge >= 0.3 is 0 Å². The average molecular weight is 222 g/mol. The van der Waals surface area contributed by atoms with E-state index in [0.717, 1.165) is 5.69 Å². The van der Waals surface area contributed by atoms with Gasteiger partial charge in [0.1, 0.15) is 0 Å². The molecule has 1 atom stereocenters. The molecule has 0 fully saturated rings. The van der Waals surface area contributed by atoms with E-state index in [1.54, 1.807) is 14.0 Å². The molecule has 1 aromatic carbocycles. The Morgan fingerprint density at radius 2 is 2.06 bits per heavy atom. The van der Waals surface area contributed by atoms with Gasteiger partial charge in [0.25, 0.3) is 0 Å². The van der Waals surface area contributed by atoms with Gasteiger partial charge in [0.15, 0.2) is 0 Å². The second-order valence-corrected chi connectivity index (χ2v) is 3.84. The topological polar surface area (TPSA) is 52.6 Å². The first kappa shape index (κ1) is 12.5. The zero-order valence-corrected chi connectivity index (χ0v) is 9.68. The fourth-order valence-corrected chi connectivity index (χ4v) is 1.37. The highest BCUT2D eigenvalue weighted by atomic mass is 16.3. The number of nitrogens with zero attached hydrogens (tertiary/aromatic N) is 1. The predicted octanol–water partition coefficient (Wildman–Crippen LogP) is 0.938. The molecule has 2 N–H and O–H groups in total. The summed E-state index contributed by atoms with van der Waals surface area (Å²) in [4.78, 5) is 13.1. The third-order valence-electron chi connectivity index (χ3n) is 2.18. The fraction of sp³-hybridized carbons (Fsp3) is 0.417. The van der Waals surface area contributed by atoms with Crippen molar-refractivity contribution in [1.29, 1.82) is 0 Å². The minimum absolute atomic E-state index is 0.0373. The SMILES string of the molecule is CC(O)CN(C)C(=O)CNc1ccccc1. The summed E-state index contributed by atoms with van der Waals surface area (Å²) in [7, 11) is 1.68. The Kier molecular flexibility index (Phi) is 4.79. The summed E-state index contributed by atoms with van der Waals surface area (Å²) in [5.41, 5.74) is 0.918. The molecule has 0 aliphatic rings.